The average Bonchev–Trinajstić information content (AvgIpc) is 3.33. The molecular formula is C61H102O6. The normalized spacial score (nSPS) is 12.8. The van der Waals surface area contributed by atoms with Crippen LogP contribution in [0.4, 0.5) is 0 Å². The molecule has 0 aliphatic heterocycles. The number of esters is 3. The average molecular weight is 931 g/mol. The van der Waals surface area contributed by atoms with Gasteiger partial charge in [-0.1, -0.05) is 227 Å². The van der Waals surface area contributed by atoms with Crippen LogP contribution in [-0.2, 0) is 28.6 Å². The van der Waals surface area contributed by atoms with Gasteiger partial charge in [0.1, 0.15) is 13.2 Å². The van der Waals surface area contributed by atoms with Gasteiger partial charge < -0.3 is 14.2 Å². The Balaban J connectivity index is 4.30. The number of unbranched alkanes of at least 4 members (excludes halogenated alkanes) is 22. The molecule has 0 aromatic rings. The molecule has 0 fully saturated rings. The van der Waals surface area contributed by atoms with E-state index in [0.717, 1.165) is 109 Å². The molecule has 0 aliphatic rings. The van der Waals surface area contributed by atoms with Gasteiger partial charge in [0.2, 0.25) is 0 Å². The van der Waals surface area contributed by atoms with E-state index in [-0.39, 0.29) is 31.1 Å². The third kappa shape index (κ3) is 53.2. The minimum absolute atomic E-state index is 0.0898. The van der Waals surface area contributed by atoms with Crippen LogP contribution in [0, 0.1) is 0 Å². The van der Waals surface area contributed by atoms with Crippen LogP contribution in [0.25, 0.3) is 0 Å². The lowest BCUT2D eigenvalue weighted by Gasteiger charge is -2.18. The van der Waals surface area contributed by atoms with Crippen molar-refractivity contribution in [1.29, 1.82) is 0 Å². The smallest absolute Gasteiger partial charge is 0.306 e. The molecule has 0 spiro atoms. The summed E-state index contributed by atoms with van der Waals surface area (Å²) in [6, 6.07) is 0. The molecule has 0 heterocycles. The molecular weight excluding hydrogens is 829 g/mol. The zero-order chi connectivity index (χ0) is 48.6. The van der Waals surface area contributed by atoms with Gasteiger partial charge in [0.05, 0.1) is 0 Å². The molecule has 1 unspecified atom stereocenters. The van der Waals surface area contributed by atoms with Crippen molar-refractivity contribution in [2.24, 2.45) is 0 Å². The first-order valence-corrected chi connectivity index (χ1v) is 27.7. The van der Waals surface area contributed by atoms with Crippen LogP contribution in [-0.4, -0.2) is 37.2 Å². The van der Waals surface area contributed by atoms with Crippen LogP contribution in [0.5, 0.6) is 0 Å². The molecule has 67 heavy (non-hydrogen) atoms. The molecule has 0 radical (unpaired) electrons. The topological polar surface area (TPSA) is 78.9 Å². The second-order valence-corrected chi connectivity index (χ2v) is 18.1. The van der Waals surface area contributed by atoms with Crippen molar-refractivity contribution in [1.82, 2.24) is 0 Å². The van der Waals surface area contributed by atoms with Gasteiger partial charge >= 0.3 is 17.9 Å². The van der Waals surface area contributed by atoms with Crippen molar-refractivity contribution in [3.63, 3.8) is 0 Å². The molecule has 0 amide bonds. The number of hydrogen-bond acceptors (Lipinski definition) is 6. The van der Waals surface area contributed by atoms with E-state index in [0.29, 0.717) is 19.3 Å². The Labute approximate surface area is 413 Å². The van der Waals surface area contributed by atoms with Gasteiger partial charge in [-0.25, -0.2) is 0 Å². The van der Waals surface area contributed by atoms with Gasteiger partial charge in [-0.2, -0.15) is 0 Å². The Kier molecular flexibility index (Phi) is 51.9. The van der Waals surface area contributed by atoms with E-state index in [1.165, 1.54) is 103 Å². The Morgan fingerprint density at radius 1 is 0.313 bits per heavy atom. The van der Waals surface area contributed by atoms with E-state index >= 15 is 0 Å². The molecule has 0 bridgehead atoms. The number of carbonyl (C=O) groups is 3. The lowest BCUT2D eigenvalue weighted by Crippen LogP contribution is -2.30. The van der Waals surface area contributed by atoms with Gasteiger partial charge in [0.25, 0.3) is 0 Å². The zero-order valence-electron chi connectivity index (χ0n) is 43.6. The Bertz CT molecular complexity index is 1350. The summed E-state index contributed by atoms with van der Waals surface area (Å²) in [5.74, 6) is -0.935. The number of hydrogen-bond donors (Lipinski definition) is 0. The van der Waals surface area contributed by atoms with Crippen molar-refractivity contribution in [3.05, 3.63) is 97.2 Å². The van der Waals surface area contributed by atoms with Crippen molar-refractivity contribution in [2.75, 3.05) is 13.2 Å². The molecule has 382 valence electrons. The lowest BCUT2D eigenvalue weighted by atomic mass is 10.1. The second kappa shape index (κ2) is 54.9. The fraction of sp³-hybridized carbons (Fsp3) is 0.689. The van der Waals surface area contributed by atoms with Crippen molar-refractivity contribution >= 4 is 17.9 Å². The summed E-state index contributed by atoms with van der Waals surface area (Å²) in [5.41, 5.74) is 0. The fourth-order valence-electron chi connectivity index (χ4n) is 7.42. The summed E-state index contributed by atoms with van der Waals surface area (Å²) in [5, 5.41) is 0. The van der Waals surface area contributed by atoms with E-state index in [1.807, 2.05) is 0 Å². The molecule has 6 heteroatoms. The highest BCUT2D eigenvalue weighted by Crippen LogP contribution is 2.14. The van der Waals surface area contributed by atoms with Gasteiger partial charge in [-0.15, -0.1) is 0 Å². The van der Waals surface area contributed by atoms with E-state index in [1.54, 1.807) is 0 Å². The Morgan fingerprint density at radius 3 is 0.940 bits per heavy atom. The molecule has 0 rings (SSSR count). The molecule has 6 nitrogen and oxygen atoms in total. The van der Waals surface area contributed by atoms with Crippen LogP contribution < -0.4 is 0 Å². The highest BCUT2D eigenvalue weighted by Gasteiger charge is 2.19. The molecule has 0 N–H and O–H groups in total. The van der Waals surface area contributed by atoms with Gasteiger partial charge in [0.15, 0.2) is 6.10 Å². The Hall–Kier alpha value is -3.67. The summed E-state index contributed by atoms with van der Waals surface area (Å²) in [4.78, 5) is 37.9. The SMILES string of the molecule is CC/C=C\C/C=C\C/C=C\C/C=C\C/C=C\C/C=C\C/C=C\CCCCCC(=O)OCC(COC(=O)CCCCCCCCC)OC(=O)CCCCCCCCC/C=C\CCCCCCCC. The minimum atomic E-state index is -0.791. The fourth-order valence-corrected chi connectivity index (χ4v) is 7.42. The quantitative estimate of drug-likeness (QED) is 0.0262. The highest BCUT2D eigenvalue weighted by molar-refractivity contribution is 5.71. The first kappa shape index (κ1) is 63.3. The lowest BCUT2D eigenvalue weighted by molar-refractivity contribution is -0.167. The number of allylic oxidation sites excluding steroid dienone is 16. The highest BCUT2D eigenvalue weighted by atomic mass is 16.6. The van der Waals surface area contributed by atoms with Crippen LogP contribution in [0.3, 0.4) is 0 Å². The van der Waals surface area contributed by atoms with Crippen LogP contribution in [0.15, 0.2) is 97.2 Å². The van der Waals surface area contributed by atoms with Crippen LogP contribution >= 0.6 is 0 Å². The van der Waals surface area contributed by atoms with E-state index in [9.17, 15) is 14.4 Å². The molecule has 0 aliphatic carbocycles. The van der Waals surface area contributed by atoms with E-state index < -0.39 is 6.10 Å². The minimum Gasteiger partial charge on any atom is -0.462 e. The number of ether oxygens (including phenoxy) is 3. The summed E-state index contributed by atoms with van der Waals surface area (Å²) in [7, 11) is 0. The molecule has 0 saturated carbocycles. The summed E-state index contributed by atoms with van der Waals surface area (Å²) in [6.45, 7) is 6.45. The molecule has 0 aromatic heterocycles. The molecule has 1 atom stereocenters. The predicted molar refractivity (Wildman–Crippen MR) is 288 cm³/mol. The van der Waals surface area contributed by atoms with Crippen molar-refractivity contribution in [3.8, 4) is 0 Å². The number of rotatable bonds is 49. The maximum atomic E-state index is 12.8. The largest absolute Gasteiger partial charge is 0.462 e. The number of carbonyl (C=O) groups excluding carboxylic acids is 3. The summed E-state index contributed by atoms with van der Waals surface area (Å²) in [6.07, 6.45) is 72.7. The first-order chi connectivity index (χ1) is 33.0. The maximum Gasteiger partial charge on any atom is 0.306 e. The predicted octanol–water partition coefficient (Wildman–Crippen LogP) is 18.5. The van der Waals surface area contributed by atoms with Crippen molar-refractivity contribution < 1.29 is 28.6 Å². The van der Waals surface area contributed by atoms with E-state index in [4.69, 9.17) is 14.2 Å². The van der Waals surface area contributed by atoms with Crippen LogP contribution in [0.2, 0.25) is 0 Å². The van der Waals surface area contributed by atoms with Gasteiger partial charge in [-0.05, 0) is 103 Å². The second-order valence-electron chi connectivity index (χ2n) is 18.1. The molecule has 0 aromatic carbocycles. The Morgan fingerprint density at radius 2 is 0.582 bits per heavy atom. The van der Waals surface area contributed by atoms with Crippen molar-refractivity contribution in [2.45, 2.75) is 258 Å². The summed E-state index contributed by atoms with van der Waals surface area (Å²) < 4.78 is 16.7. The first-order valence-electron chi connectivity index (χ1n) is 27.7. The third-order valence-corrected chi connectivity index (χ3v) is 11.6. The zero-order valence-corrected chi connectivity index (χ0v) is 43.6. The van der Waals surface area contributed by atoms with Crippen LogP contribution in [0.1, 0.15) is 252 Å². The standard InChI is InChI=1S/C61H102O6/c1-4-7-10-13-16-18-20-22-24-26-27-28-29-30-31-32-33-35-36-38-40-42-45-48-51-54-60(63)66-57-58(56-65-59(62)53-50-47-44-15-12-9-6-3)67-61(64)55-52-49-46-43-41-39-37-34-25-23-21-19-17-14-11-8-5-2/h7,10,16,18,22-25,27-28,30-31,33,35,38,40,58H,4-6,8-9,11-15,17,19-21,26,29,32,34,36-37,39,41-57H2,1-3H3/b10-7-,18-16-,24-22-,25-23-,28-27-,31-30-,35-33-,40-38-. The monoisotopic (exact) mass is 931 g/mol. The molecule has 0 saturated heterocycles. The maximum absolute atomic E-state index is 12.8. The van der Waals surface area contributed by atoms with Gasteiger partial charge in [0, 0.05) is 19.3 Å². The third-order valence-electron chi connectivity index (χ3n) is 11.6. The van der Waals surface area contributed by atoms with Gasteiger partial charge in [-0.3, -0.25) is 14.4 Å². The summed E-state index contributed by atoms with van der Waals surface area (Å²) >= 11 is 0. The van der Waals surface area contributed by atoms with E-state index in [2.05, 4.69) is 118 Å².